The van der Waals surface area contributed by atoms with Crippen molar-refractivity contribution in [2.75, 3.05) is 11.1 Å². The molecular weight excluding hydrogens is 239 g/mol. The van der Waals surface area contributed by atoms with Crippen LogP contribution in [0.15, 0.2) is 36.4 Å². The van der Waals surface area contributed by atoms with Crippen LogP contribution in [-0.4, -0.2) is 0 Å². The standard InChI is InChI=1S/C13H12ClFN2/c1-8-4-2-5-9(14)13(8)17-11-7-3-6-10(15)12(11)16/h2-7,17H,16H2,1H3. The van der Waals surface area contributed by atoms with Gasteiger partial charge in [-0.1, -0.05) is 29.8 Å². The number of aryl methyl sites for hydroxylation is 1. The Morgan fingerprint density at radius 3 is 2.59 bits per heavy atom. The van der Waals surface area contributed by atoms with Crippen molar-refractivity contribution in [3.63, 3.8) is 0 Å². The summed E-state index contributed by atoms with van der Waals surface area (Å²) in [4.78, 5) is 0. The summed E-state index contributed by atoms with van der Waals surface area (Å²) in [5, 5.41) is 3.63. The lowest BCUT2D eigenvalue weighted by molar-refractivity contribution is 0.633. The van der Waals surface area contributed by atoms with E-state index in [1.807, 2.05) is 19.1 Å². The molecule has 0 aliphatic heterocycles. The van der Waals surface area contributed by atoms with Crippen LogP contribution in [0.3, 0.4) is 0 Å². The Kier molecular flexibility index (Phi) is 3.20. The summed E-state index contributed by atoms with van der Waals surface area (Å²) < 4.78 is 13.3. The molecule has 0 aromatic heterocycles. The van der Waals surface area contributed by atoms with Crippen LogP contribution in [-0.2, 0) is 0 Å². The summed E-state index contributed by atoms with van der Waals surface area (Å²) in [6, 6.07) is 10.2. The van der Waals surface area contributed by atoms with Gasteiger partial charge in [-0.05, 0) is 30.7 Å². The lowest BCUT2D eigenvalue weighted by atomic mass is 10.2. The number of halogens is 2. The highest BCUT2D eigenvalue weighted by molar-refractivity contribution is 6.33. The molecule has 88 valence electrons. The average molecular weight is 251 g/mol. The van der Waals surface area contributed by atoms with E-state index in [0.717, 1.165) is 11.3 Å². The molecule has 3 N–H and O–H groups in total. The van der Waals surface area contributed by atoms with E-state index in [4.69, 9.17) is 17.3 Å². The van der Waals surface area contributed by atoms with Gasteiger partial charge < -0.3 is 11.1 Å². The molecule has 0 saturated carbocycles. The summed E-state index contributed by atoms with van der Waals surface area (Å²) in [7, 11) is 0. The number of benzene rings is 2. The minimum absolute atomic E-state index is 0.0896. The summed E-state index contributed by atoms with van der Waals surface area (Å²) >= 11 is 6.07. The molecule has 2 rings (SSSR count). The Morgan fingerprint density at radius 1 is 1.18 bits per heavy atom. The molecule has 0 radical (unpaired) electrons. The zero-order valence-electron chi connectivity index (χ0n) is 9.30. The van der Waals surface area contributed by atoms with E-state index in [1.165, 1.54) is 6.07 Å². The molecule has 0 unspecified atom stereocenters. The highest BCUT2D eigenvalue weighted by atomic mass is 35.5. The van der Waals surface area contributed by atoms with Crippen LogP contribution in [0.25, 0.3) is 0 Å². The van der Waals surface area contributed by atoms with E-state index < -0.39 is 5.82 Å². The first kappa shape index (κ1) is 11.7. The van der Waals surface area contributed by atoms with Crippen LogP contribution >= 0.6 is 11.6 Å². The van der Waals surface area contributed by atoms with Gasteiger partial charge in [-0.25, -0.2) is 4.39 Å². The van der Waals surface area contributed by atoms with Crippen molar-refractivity contribution in [1.29, 1.82) is 0 Å². The van der Waals surface area contributed by atoms with Gasteiger partial charge in [0.15, 0.2) is 0 Å². The third-order valence-electron chi connectivity index (χ3n) is 2.53. The number of nitrogens with one attached hydrogen (secondary N) is 1. The highest BCUT2D eigenvalue weighted by Gasteiger charge is 2.08. The van der Waals surface area contributed by atoms with E-state index in [9.17, 15) is 4.39 Å². The fourth-order valence-electron chi connectivity index (χ4n) is 1.57. The Balaban J connectivity index is 2.42. The first-order chi connectivity index (χ1) is 8.09. The third kappa shape index (κ3) is 2.34. The van der Waals surface area contributed by atoms with Gasteiger partial charge in [0.1, 0.15) is 5.82 Å². The Labute approximate surface area is 104 Å². The maximum absolute atomic E-state index is 13.3. The fourth-order valence-corrected chi connectivity index (χ4v) is 1.84. The maximum Gasteiger partial charge on any atom is 0.148 e. The molecular formula is C13H12ClFN2. The molecule has 0 bridgehead atoms. The van der Waals surface area contributed by atoms with E-state index >= 15 is 0 Å². The van der Waals surface area contributed by atoms with E-state index in [1.54, 1.807) is 18.2 Å². The number of hydrogen-bond acceptors (Lipinski definition) is 2. The van der Waals surface area contributed by atoms with Gasteiger partial charge in [-0.15, -0.1) is 0 Å². The molecule has 2 aromatic rings. The number of para-hydroxylation sites is 2. The van der Waals surface area contributed by atoms with Crippen LogP contribution in [0.2, 0.25) is 5.02 Å². The second kappa shape index (κ2) is 4.63. The van der Waals surface area contributed by atoms with Crippen molar-refractivity contribution in [3.05, 3.63) is 52.8 Å². The van der Waals surface area contributed by atoms with Crippen LogP contribution in [0.4, 0.5) is 21.5 Å². The first-order valence-corrected chi connectivity index (χ1v) is 5.53. The molecule has 0 spiro atoms. The normalized spacial score (nSPS) is 10.3. The zero-order valence-corrected chi connectivity index (χ0v) is 10.1. The molecule has 4 heteroatoms. The molecule has 0 saturated heterocycles. The molecule has 17 heavy (non-hydrogen) atoms. The van der Waals surface area contributed by atoms with Gasteiger partial charge in [0.25, 0.3) is 0 Å². The Hall–Kier alpha value is -1.74. The molecule has 0 atom stereocenters. The summed E-state index contributed by atoms with van der Waals surface area (Å²) in [6.07, 6.45) is 0. The van der Waals surface area contributed by atoms with E-state index in [-0.39, 0.29) is 5.69 Å². The van der Waals surface area contributed by atoms with Crippen molar-refractivity contribution in [3.8, 4) is 0 Å². The van der Waals surface area contributed by atoms with E-state index in [2.05, 4.69) is 5.32 Å². The second-order valence-electron chi connectivity index (χ2n) is 3.76. The Morgan fingerprint density at radius 2 is 1.88 bits per heavy atom. The highest BCUT2D eigenvalue weighted by Crippen LogP contribution is 2.31. The molecule has 0 fully saturated rings. The largest absolute Gasteiger partial charge is 0.395 e. The minimum atomic E-state index is -0.445. The van der Waals surface area contributed by atoms with Crippen LogP contribution < -0.4 is 11.1 Å². The Bertz CT molecular complexity index is 535. The fraction of sp³-hybridized carbons (Fsp3) is 0.0769. The van der Waals surface area contributed by atoms with Crippen molar-refractivity contribution in [2.45, 2.75) is 6.92 Å². The van der Waals surface area contributed by atoms with E-state index in [0.29, 0.717) is 10.7 Å². The number of anilines is 3. The van der Waals surface area contributed by atoms with Crippen molar-refractivity contribution in [1.82, 2.24) is 0 Å². The van der Waals surface area contributed by atoms with Crippen molar-refractivity contribution < 1.29 is 4.39 Å². The minimum Gasteiger partial charge on any atom is -0.395 e. The quantitative estimate of drug-likeness (QED) is 0.787. The molecule has 0 aliphatic rings. The second-order valence-corrected chi connectivity index (χ2v) is 4.17. The summed E-state index contributed by atoms with van der Waals surface area (Å²) in [6.45, 7) is 1.92. The number of nitrogen functional groups attached to an aromatic ring is 1. The molecule has 0 amide bonds. The smallest absolute Gasteiger partial charge is 0.148 e. The average Bonchev–Trinajstić information content (AvgIpc) is 2.29. The third-order valence-corrected chi connectivity index (χ3v) is 2.85. The summed E-state index contributed by atoms with van der Waals surface area (Å²) in [5.74, 6) is -0.445. The van der Waals surface area contributed by atoms with Gasteiger partial charge in [0, 0.05) is 0 Å². The van der Waals surface area contributed by atoms with Gasteiger partial charge in [0.2, 0.25) is 0 Å². The molecule has 0 heterocycles. The predicted octanol–water partition coefficient (Wildman–Crippen LogP) is 4.11. The monoisotopic (exact) mass is 250 g/mol. The van der Waals surface area contributed by atoms with Crippen molar-refractivity contribution >= 4 is 28.7 Å². The van der Waals surface area contributed by atoms with Crippen LogP contribution in [0.5, 0.6) is 0 Å². The molecule has 0 aliphatic carbocycles. The SMILES string of the molecule is Cc1cccc(Cl)c1Nc1cccc(F)c1N. The predicted molar refractivity (Wildman–Crippen MR) is 70.3 cm³/mol. The van der Waals surface area contributed by atoms with Crippen LogP contribution in [0, 0.1) is 12.7 Å². The van der Waals surface area contributed by atoms with Crippen LogP contribution in [0.1, 0.15) is 5.56 Å². The van der Waals surface area contributed by atoms with Gasteiger partial charge in [-0.2, -0.15) is 0 Å². The lowest BCUT2D eigenvalue weighted by Crippen LogP contribution is -2.00. The lowest BCUT2D eigenvalue weighted by Gasteiger charge is -2.13. The molecule has 2 aromatic carbocycles. The van der Waals surface area contributed by atoms with Gasteiger partial charge in [-0.3, -0.25) is 0 Å². The number of hydrogen-bond donors (Lipinski definition) is 2. The molecule has 2 nitrogen and oxygen atoms in total. The van der Waals surface area contributed by atoms with Gasteiger partial charge >= 0.3 is 0 Å². The van der Waals surface area contributed by atoms with Crippen molar-refractivity contribution in [2.24, 2.45) is 0 Å². The maximum atomic E-state index is 13.3. The number of rotatable bonds is 2. The zero-order chi connectivity index (χ0) is 12.4. The first-order valence-electron chi connectivity index (χ1n) is 5.15. The topological polar surface area (TPSA) is 38.0 Å². The summed E-state index contributed by atoms with van der Waals surface area (Å²) in [5.41, 5.74) is 7.97. The number of nitrogens with two attached hydrogens (primary N) is 1. The van der Waals surface area contributed by atoms with Gasteiger partial charge in [0.05, 0.1) is 22.1 Å².